The van der Waals surface area contributed by atoms with Gasteiger partial charge in [0.1, 0.15) is 0 Å². The van der Waals surface area contributed by atoms with E-state index in [-0.39, 0.29) is 11.6 Å². The number of rotatable bonds is 5. The van der Waals surface area contributed by atoms with Crippen molar-refractivity contribution >= 4 is 0 Å². The molecule has 0 bridgehead atoms. The molecule has 5 nitrogen and oxygen atoms in total. The van der Waals surface area contributed by atoms with Crippen LogP contribution in [0.5, 0.6) is 0 Å². The summed E-state index contributed by atoms with van der Waals surface area (Å²) >= 11 is 0. The number of nitrogens with zero attached hydrogens (tertiary/aromatic N) is 2. The van der Waals surface area contributed by atoms with Crippen LogP contribution in [0.3, 0.4) is 0 Å². The Labute approximate surface area is 114 Å². The van der Waals surface area contributed by atoms with E-state index in [1.165, 1.54) is 12.8 Å². The number of ether oxygens (including phenoxy) is 1. The lowest BCUT2D eigenvalue weighted by Crippen LogP contribution is -2.37. The van der Waals surface area contributed by atoms with Crippen LogP contribution >= 0.6 is 0 Å². The van der Waals surface area contributed by atoms with E-state index in [1.54, 1.807) is 7.11 Å². The molecule has 1 aromatic heterocycles. The zero-order valence-corrected chi connectivity index (χ0v) is 12.0. The molecule has 1 fully saturated rings. The Morgan fingerprint density at radius 3 is 2.63 bits per heavy atom. The summed E-state index contributed by atoms with van der Waals surface area (Å²) in [7, 11) is 1.71. The van der Waals surface area contributed by atoms with Gasteiger partial charge in [-0.2, -0.15) is 4.98 Å². The first kappa shape index (κ1) is 14.5. The van der Waals surface area contributed by atoms with Gasteiger partial charge in [0.2, 0.25) is 5.89 Å². The predicted octanol–water partition coefficient (Wildman–Crippen LogP) is 2.55. The van der Waals surface area contributed by atoms with Crippen LogP contribution in [0.4, 0.5) is 0 Å². The van der Waals surface area contributed by atoms with E-state index in [4.69, 9.17) is 15.0 Å². The van der Waals surface area contributed by atoms with Gasteiger partial charge in [0, 0.05) is 13.5 Å². The van der Waals surface area contributed by atoms with Crippen molar-refractivity contribution in [2.75, 3.05) is 7.11 Å². The number of aromatic nitrogens is 2. The number of aryl methyl sites for hydroxylation is 1. The number of methoxy groups -OCH3 is 1. The maximum atomic E-state index is 6.47. The number of hydrogen-bond donors (Lipinski definition) is 1. The van der Waals surface area contributed by atoms with Crippen LogP contribution in [0.25, 0.3) is 0 Å². The van der Waals surface area contributed by atoms with E-state index in [0.29, 0.717) is 11.7 Å². The molecule has 1 unspecified atom stereocenters. The molecule has 0 aliphatic heterocycles. The molecule has 1 aromatic rings. The molecule has 0 radical (unpaired) electrons. The molecule has 2 N–H and O–H groups in total. The minimum atomic E-state index is -0.384. The van der Waals surface area contributed by atoms with Gasteiger partial charge in [0.05, 0.1) is 11.6 Å². The Kier molecular flexibility index (Phi) is 4.93. The SMILES string of the molecule is COC(C)CCc1nc(C2(N)CCCCCC2)no1. The topological polar surface area (TPSA) is 74.2 Å². The van der Waals surface area contributed by atoms with Crippen molar-refractivity contribution in [2.45, 2.75) is 69.9 Å². The minimum Gasteiger partial charge on any atom is -0.382 e. The third kappa shape index (κ3) is 3.76. The Bertz CT molecular complexity index is 384. The molecule has 0 amide bonds. The first-order valence-electron chi connectivity index (χ1n) is 7.29. The van der Waals surface area contributed by atoms with Gasteiger partial charge >= 0.3 is 0 Å². The van der Waals surface area contributed by atoms with Crippen molar-refractivity contribution in [1.82, 2.24) is 10.1 Å². The normalized spacial score (nSPS) is 21.0. The van der Waals surface area contributed by atoms with Crippen molar-refractivity contribution in [3.63, 3.8) is 0 Å². The zero-order chi connectivity index (χ0) is 13.7. The van der Waals surface area contributed by atoms with Gasteiger partial charge in [-0.1, -0.05) is 30.8 Å². The summed E-state index contributed by atoms with van der Waals surface area (Å²) in [6.45, 7) is 2.03. The van der Waals surface area contributed by atoms with Gasteiger partial charge in [-0.05, 0) is 26.2 Å². The molecule has 0 saturated heterocycles. The van der Waals surface area contributed by atoms with Crippen molar-refractivity contribution in [3.05, 3.63) is 11.7 Å². The van der Waals surface area contributed by atoms with Gasteiger partial charge in [0.15, 0.2) is 5.82 Å². The Morgan fingerprint density at radius 1 is 1.32 bits per heavy atom. The number of hydrogen-bond acceptors (Lipinski definition) is 5. The summed E-state index contributed by atoms with van der Waals surface area (Å²) in [4.78, 5) is 4.50. The quantitative estimate of drug-likeness (QED) is 0.830. The van der Waals surface area contributed by atoms with Gasteiger partial charge in [-0.15, -0.1) is 0 Å². The summed E-state index contributed by atoms with van der Waals surface area (Å²) in [5.41, 5.74) is 6.08. The number of nitrogens with two attached hydrogens (primary N) is 1. The highest BCUT2D eigenvalue weighted by atomic mass is 16.5. The first-order valence-corrected chi connectivity index (χ1v) is 7.29. The van der Waals surface area contributed by atoms with Gasteiger partial charge in [0.25, 0.3) is 0 Å². The molecule has 1 aliphatic carbocycles. The lowest BCUT2D eigenvalue weighted by molar-refractivity contribution is 0.109. The van der Waals surface area contributed by atoms with Gasteiger partial charge < -0.3 is 15.0 Å². The second-order valence-electron chi connectivity index (χ2n) is 5.67. The standard InChI is InChI=1S/C14H25N3O2/c1-11(18-2)7-8-12-16-13(17-19-12)14(15)9-5-3-4-6-10-14/h11H,3-10,15H2,1-2H3. The molecule has 1 aliphatic rings. The molecular formula is C14H25N3O2. The summed E-state index contributed by atoms with van der Waals surface area (Å²) in [6.07, 6.45) is 8.58. The summed E-state index contributed by atoms with van der Waals surface area (Å²) in [5, 5.41) is 4.11. The molecule has 19 heavy (non-hydrogen) atoms. The van der Waals surface area contributed by atoms with Crippen molar-refractivity contribution in [2.24, 2.45) is 5.73 Å². The Hall–Kier alpha value is -0.940. The fraction of sp³-hybridized carbons (Fsp3) is 0.857. The highest BCUT2D eigenvalue weighted by Gasteiger charge is 2.33. The molecule has 108 valence electrons. The lowest BCUT2D eigenvalue weighted by Gasteiger charge is -2.23. The van der Waals surface area contributed by atoms with E-state index in [1.807, 2.05) is 6.92 Å². The van der Waals surface area contributed by atoms with E-state index >= 15 is 0 Å². The van der Waals surface area contributed by atoms with Gasteiger partial charge in [-0.25, -0.2) is 0 Å². The summed E-state index contributed by atoms with van der Waals surface area (Å²) < 4.78 is 10.5. The van der Waals surface area contributed by atoms with E-state index in [2.05, 4.69) is 10.1 Å². The van der Waals surface area contributed by atoms with Crippen LogP contribution in [-0.2, 0) is 16.7 Å². The third-order valence-electron chi connectivity index (χ3n) is 4.08. The average Bonchev–Trinajstić information content (AvgIpc) is 2.79. The smallest absolute Gasteiger partial charge is 0.226 e. The average molecular weight is 267 g/mol. The van der Waals surface area contributed by atoms with Gasteiger partial charge in [-0.3, -0.25) is 0 Å². The monoisotopic (exact) mass is 267 g/mol. The maximum absolute atomic E-state index is 6.47. The van der Waals surface area contributed by atoms with Crippen molar-refractivity contribution < 1.29 is 9.26 Å². The van der Waals surface area contributed by atoms with Crippen molar-refractivity contribution in [3.8, 4) is 0 Å². The van der Waals surface area contributed by atoms with Crippen LogP contribution in [0.1, 0.15) is 63.6 Å². The third-order valence-corrected chi connectivity index (χ3v) is 4.08. The second kappa shape index (κ2) is 6.48. The molecule has 0 spiro atoms. The molecule has 2 rings (SSSR count). The molecule has 0 aromatic carbocycles. The van der Waals surface area contributed by atoms with Crippen LogP contribution in [0.2, 0.25) is 0 Å². The Balaban J connectivity index is 1.99. The van der Waals surface area contributed by atoms with Crippen LogP contribution in [0.15, 0.2) is 4.52 Å². The molecule has 1 saturated carbocycles. The van der Waals surface area contributed by atoms with Crippen LogP contribution in [0, 0.1) is 0 Å². The predicted molar refractivity (Wildman–Crippen MR) is 72.7 cm³/mol. The molecule has 1 heterocycles. The highest BCUT2D eigenvalue weighted by molar-refractivity contribution is 5.04. The summed E-state index contributed by atoms with van der Waals surface area (Å²) in [6, 6.07) is 0. The molecular weight excluding hydrogens is 242 g/mol. The van der Waals surface area contributed by atoms with Crippen LogP contribution < -0.4 is 5.73 Å². The fourth-order valence-electron chi connectivity index (χ4n) is 2.59. The molecule has 1 atom stereocenters. The van der Waals surface area contributed by atoms with Crippen molar-refractivity contribution in [1.29, 1.82) is 0 Å². The maximum Gasteiger partial charge on any atom is 0.226 e. The van der Waals surface area contributed by atoms with E-state index < -0.39 is 0 Å². The Morgan fingerprint density at radius 2 is 2.00 bits per heavy atom. The first-order chi connectivity index (χ1) is 9.14. The molecule has 5 heteroatoms. The lowest BCUT2D eigenvalue weighted by atomic mass is 9.91. The minimum absolute atomic E-state index is 0.208. The second-order valence-corrected chi connectivity index (χ2v) is 5.67. The van der Waals surface area contributed by atoms with E-state index in [9.17, 15) is 0 Å². The van der Waals surface area contributed by atoms with E-state index in [0.717, 1.165) is 38.5 Å². The summed E-state index contributed by atoms with van der Waals surface area (Å²) in [5.74, 6) is 1.36. The fourth-order valence-corrected chi connectivity index (χ4v) is 2.59. The zero-order valence-electron chi connectivity index (χ0n) is 12.0. The highest BCUT2D eigenvalue weighted by Crippen LogP contribution is 2.32. The largest absolute Gasteiger partial charge is 0.382 e. The van der Waals surface area contributed by atoms with Crippen LogP contribution in [-0.4, -0.2) is 23.4 Å².